The maximum absolute atomic E-state index is 12.3. The van der Waals surface area contributed by atoms with E-state index >= 15 is 0 Å². The molecule has 0 radical (unpaired) electrons. The highest BCUT2D eigenvalue weighted by Crippen LogP contribution is 2.30. The van der Waals surface area contributed by atoms with Gasteiger partial charge in [-0.2, -0.15) is 0 Å². The third kappa shape index (κ3) is 4.08. The number of sulfonamides is 1. The molecule has 21 heavy (non-hydrogen) atoms. The van der Waals surface area contributed by atoms with Gasteiger partial charge in [0, 0.05) is 18.8 Å². The molecular formula is C14H22ClN3O2S. The van der Waals surface area contributed by atoms with Crippen molar-refractivity contribution in [3.63, 3.8) is 0 Å². The number of nitrogens with zero attached hydrogens (tertiary/aromatic N) is 1. The van der Waals surface area contributed by atoms with Crippen molar-refractivity contribution >= 4 is 27.4 Å². The quantitative estimate of drug-likeness (QED) is 0.805. The van der Waals surface area contributed by atoms with Crippen LogP contribution in [0, 0.1) is 5.92 Å². The van der Waals surface area contributed by atoms with Gasteiger partial charge in [0.15, 0.2) is 0 Å². The Labute approximate surface area is 131 Å². The molecule has 0 aliphatic heterocycles. The molecular weight excluding hydrogens is 310 g/mol. The van der Waals surface area contributed by atoms with Crippen LogP contribution in [0.5, 0.6) is 0 Å². The zero-order valence-electron chi connectivity index (χ0n) is 12.4. The molecule has 1 fully saturated rings. The first-order valence-corrected chi connectivity index (χ1v) is 9.22. The number of halogens is 1. The Bertz CT molecular complexity index is 588. The van der Waals surface area contributed by atoms with Gasteiger partial charge in [-0.05, 0) is 38.2 Å². The van der Waals surface area contributed by atoms with E-state index in [2.05, 4.69) is 15.0 Å². The van der Waals surface area contributed by atoms with Crippen molar-refractivity contribution in [2.75, 3.05) is 11.9 Å². The summed E-state index contributed by atoms with van der Waals surface area (Å²) in [4.78, 5) is 4.22. The van der Waals surface area contributed by atoms with Crippen molar-refractivity contribution < 1.29 is 8.42 Å². The second-order valence-corrected chi connectivity index (χ2v) is 7.65. The molecule has 1 aromatic heterocycles. The van der Waals surface area contributed by atoms with Crippen molar-refractivity contribution in [1.82, 2.24) is 9.71 Å². The minimum Gasteiger partial charge on any atom is -0.369 e. The lowest BCUT2D eigenvalue weighted by Gasteiger charge is -2.31. The molecule has 0 amide bonds. The molecule has 5 nitrogen and oxygen atoms in total. The van der Waals surface area contributed by atoms with Gasteiger partial charge in [-0.3, -0.25) is 0 Å². The van der Waals surface area contributed by atoms with Crippen LogP contribution >= 0.6 is 11.6 Å². The summed E-state index contributed by atoms with van der Waals surface area (Å²) in [5.74, 6) is 0.957. The van der Waals surface area contributed by atoms with Gasteiger partial charge in [0.2, 0.25) is 10.0 Å². The van der Waals surface area contributed by atoms with E-state index in [1.165, 1.54) is 18.7 Å². The van der Waals surface area contributed by atoms with Gasteiger partial charge < -0.3 is 5.32 Å². The van der Waals surface area contributed by atoms with Crippen LogP contribution in [-0.4, -0.2) is 26.0 Å². The molecule has 1 heterocycles. The fraction of sp³-hybridized carbons (Fsp3) is 0.643. The first-order chi connectivity index (χ1) is 9.94. The number of hydrogen-bond donors (Lipinski definition) is 2. The molecule has 1 aliphatic rings. The molecule has 7 heteroatoms. The van der Waals surface area contributed by atoms with Crippen LogP contribution in [0.25, 0.3) is 0 Å². The Morgan fingerprint density at radius 1 is 1.48 bits per heavy atom. The van der Waals surface area contributed by atoms with Gasteiger partial charge in [0.25, 0.3) is 0 Å². The predicted molar refractivity (Wildman–Crippen MR) is 85.2 cm³/mol. The molecule has 1 aromatic rings. The van der Waals surface area contributed by atoms with Crippen LogP contribution in [0.15, 0.2) is 17.2 Å². The van der Waals surface area contributed by atoms with E-state index in [4.69, 9.17) is 11.6 Å². The number of nitrogens with one attached hydrogen (secondary N) is 2. The van der Waals surface area contributed by atoms with E-state index in [1.54, 1.807) is 0 Å². The van der Waals surface area contributed by atoms with Crippen molar-refractivity contribution in [3.8, 4) is 0 Å². The minimum absolute atomic E-state index is 0.0552. The van der Waals surface area contributed by atoms with Crippen molar-refractivity contribution in [3.05, 3.63) is 17.3 Å². The van der Waals surface area contributed by atoms with Crippen molar-refractivity contribution in [2.45, 2.75) is 50.5 Å². The molecule has 1 unspecified atom stereocenters. The zero-order chi connectivity index (χ0) is 15.5. The molecule has 1 saturated carbocycles. The summed E-state index contributed by atoms with van der Waals surface area (Å²) >= 11 is 6.09. The third-order valence-corrected chi connectivity index (χ3v) is 5.68. The van der Waals surface area contributed by atoms with Gasteiger partial charge in [-0.15, -0.1) is 0 Å². The van der Waals surface area contributed by atoms with Crippen molar-refractivity contribution in [2.24, 2.45) is 5.92 Å². The van der Waals surface area contributed by atoms with E-state index < -0.39 is 10.0 Å². The fourth-order valence-corrected chi connectivity index (χ4v) is 3.87. The average Bonchev–Trinajstić information content (AvgIpc) is 2.34. The van der Waals surface area contributed by atoms with Crippen LogP contribution in [0.4, 0.5) is 5.82 Å². The summed E-state index contributed by atoms with van der Waals surface area (Å²) in [5.41, 5.74) is 0. The highest BCUT2D eigenvalue weighted by molar-refractivity contribution is 7.89. The van der Waals surface area contributed by atoms with Gasteiger partial charge in [0.05, 0.1) is 5.02 Å². The summed E-state index contributed by atoms with van der Waals surface area (Å²) in [7, 11) is -3.57. The van der Waals surface area contributed by atoms with Gasteiger partial charge in [-0.1, -0.05) is 24.9 Å². The molecule has 2 rings (SSSR count). The third-order valence-electron chi connectivity index (χ3n) is 3.87. The molecule has 1 aliphatic carbocycles. The van der Waals surface area contributed by atoms with E-state index in [0.717, 1.165) is 25.8 Å². The predicted octanol–water partition coefficient (Wildman–Crippen LogP) is 3.02. The molecule has 0 bridgehead atoms. The summed E-state index contributed by atoms with van der Waals surface area (Å²) in [6, 6.07) is 1.39. The SMILES string of the molecule is CCCNc1ncc(S(=O)(=O)NC(C)C2CCC2)cc1Cl. The number of anilines is 1. The first kappa shape index (κ1) is 16.5. The second-order valence-electron chi connectivity index (χ2n) is 5.53. The lowest BCUT2D eigenvalue weighted by atomic mass is 9.81. The normalized spacial score (nSPS) is 17.3. The average molecular weight is 332 g/mol. The first-order valence-electron chi connectivity index (χ1n) is 7.35. The molecule has 118 valence electrons. The van der Waals surface area contributed by atoms with E-state index in [9.17, 15) is 8.42 Å². The van der Waals surface area contributed by atoms with Gasteiger partial charge in [-0.25, -0.2) is 18.1 Å². The van der Waals surface area contributed by atoms with Crippen LogP contribution in [0.2, 0.25) is 5.02 Å². The van der Waals surface area contributed by atoms with E-state index in [0.29, 0.717) is 16.8 Å². The molecule has 0 aromatic carbocycles. The maximum Gasteiger partial charge on any atom is 0.242 e. The standard InChI is InChI=1S/C14H22ClN3O2S/c1-3-7-16-14-13(15)8-12(9-17-14)21(19,20)18-10(2)11-5-4-6-11/h8-11,18H,3-7H2,1-2H3,(H,16,17). The Morgan fingerprint density at radius 2 is 2.19 bits per heavy atom. The van der Waals surface area contributed by atoms with E-state index in [1.807, 2.05) is 13.8 Å². The summed E-state index contributed by atoms with van der Waals surface area (Å²) in [6.45, 7) is 4.69. The smallest absolute Gasteiger partial charge is 0.242 e. The number of aromatic nitrogens is 1. The van der Waals surface area contributed by atoms with Crippen LogP contribution in [-0.2, 0) is 10.0 Å². The van der Waals surface area contributed by atoms with E-state index in [-0.39, 0.29) is 10.9 Å². The lowest BCUT2D eigenvalue weighted by molar-refractivity contribution is 0.260. The largest absolute Gasteiger partial charge is 0.369 e. The molecule has 1 atom stereocenters. The molecule has 0 saturated heterocycles. The lowest BCUT2D eigenvalue weighted by Crippen LogP contribution is -2.40. The number of hydrogen-bond acceptors (Lipinski definition) is 4. The summed E-state index contributed by atoms with van der Waals surface area (Å²) in [6.07, 6.45) is 5.64. The Balaban J connectivity index is 2.10. The molecule has 0 spiro atoms. The van der Waals surface area contributed by atoms with Crippen LogP contribution in [0.3, 0.4) is 0 Å². The monoisotopic (exact) mass is 331 g/mol. The molecule has 2 N–H and O–H groups in total. The highest BCUT2D eigenvalue weighted by Gasteiger charge is 2.28. The Morgan fingerprint density at radius 3 is 2.71 bits per heavy atom. The number of pyridine rings is 1. The summed E-state index contributed by atoms with van der Waals surface area (Å²) in [5, 5.41) is 3.38. The summed E-state index contributed by atoms with van der Waals surface area (Å²) < 4.78 is 27.4. The van der Waals surface area contributed by atoms with Crippen LogP contribution in [0.1, 0.15) is 39.5 Å². The second kappa shape index (κ2) is 6.94. The van der Waals surface area contributed by atoms with Crippen molar-refractivity contribution in [1.29, 1.82) is 0 Å². The Hall–Kier alpha value is -0.850. The minimum atomic E-state index is -3.57. The maximum atomic E-state index is 12.3. The number of rotatable bonds is 7. The fourth-order valence-electron chi connectivity index (χ4n) is 2.29. The van der Waals surface area contributed by atoms with Gasteiger partial charge in [0.1, 0.15) is 10.7 Å². The zero-order valence-corrected chi connectivity index (χ0v) is 14.0. The Kier molecular flexibility index (Phi) is 5.46. The highest BCUT2D eigenvalue weighted by atomic mass is 35.5. The van der Waals surface area contributed by atoms with Gasteiger partial charge >= 0.3 is 0 Å². The van der Waals surface area contributed by atoms with Crippen LogP contribution < -0.4 is 10.0 Å². The topological polar surface area (TPSA) is 71.1 Å².